The summed E-state index contributed by atoms with van der Waals surface area (Å²) in [6.45, 7) is 1.78. The summed E-state index contributed by atoms with van der Waals surface area (Å²) in [5.41, 5.74) is 8.09. The SMILES string of the molecule is CCOC(=O)C[C@H](c1ccc([N+](=O)[O-])cc1)[C@@H](NC(=O)c1ccc(-c2ccccc2)cc1)C(N)=O. The van der Waals surface area contributed by atoms with Crippen molar-refractivity contribution in [2.45, 2.75) is 25.3 Å². The van der Waals surface area contributed by atoms with Crippen molar-refractivity contribution in [1.29, 1.82) is 0 Å². The zero-order valence-electron chi connectivity index (χ0n) is 19.0. The number of nitro groups is 1. The van der Waals surface area contributed by atoms with Crippen LogP contribution in [0.3, 0.4) is 0 Å². The van der Waals surface area contributed by atoms with E-state index in [-0.39, 0.29) is 18.7 Å². The number of nitrogens with zero attached hydrogens (tertiary/aromatic N) is 1. The number of carbonyl (C=O) groups is 3. The molecule has 0 saturated carbocycles. The molecule has 35 heavy (non-hydrogen) atoms. The minimum absolute atomic E-state index is 0.132. The Bertz CT molecular complexity index is 1190. The fourth-order valence-electron chi connectivity index (χ4n) is 3.71. The summed E-state index contributed by atoms with van der Waals surface area (Å²) in [4.78, 5) is 48.1. The van der Waals surface area contributed by atoms with E-state index in [2.05, 4.69) is 5.32 Å². The van der Waals surface area contributed by atoms with Gasteiger partial charge in [-0.3, -0.25) is 24.5 Å². The lowest BCUT2D eigenvalue weighted by Crippen LogP contribution is -2.48. The van der Waals surface area contributed by atoms with E-state index in [1.54, 1.807) is 31.2 Å². The topological polar surface area (TPSA) is 142 Å². The molecule has 0 unspecified atom stereocenters. The average Bonchev–Trinajstić information content (AvgIpc) is 2.86. The number of nitrogens with one attached hydrogen (secondary N) is 1. The van der Waals surface area contributed by atoms with Crippen LogP contribution < -0.4 is 11.1 Å². The van der Waals surface area contributed by atoms with Gasteiger partial charge in [0.1, 0.15) is 6.04 Å². The van der Waals surface area contributed by atoms with Crippen LogP contribution in [0, 0.1) is 10.1 Å². The molecule has 9 heteroatoms. The Labute approximate surface area is 202 Å². The molecule has 3 rings (SSSR count). The molecule has 9 nitrogen and oxygen atoms in total. The molecule has 3 aromatic rings. The molecule has 0 heterocycles. The second-order valence-corrected chi connectivity index (χ2v) is 7.76. The summed E-state index contributed by atoms with van der Waals surface area (Å²) in [6, 6.07) is 20.6. The quantitative estimate of drug-likeness (QED) is 0.261. The Balaban J connectivity index is 1.86. The van der Waals surface area contributed by atoms with Crippen molar-refractivity contribution < 1.29 is 24.0 Å². The molecule has 0 saturated heterocycles. The standard InChI is InChI=1S/C26H25N3O6/c1-2-35-23(30)16-22(19-12-14-21(15-13-19)29(33)34)24(25(27)31)28-26(32)20-10-8-18(9-11-20)17-6-4-3-5-7-17/h3-15,22,24H,2,16H2,1H3,(H2,27,31)(H,28,32)/t22-,24-/m1/s1. The monoisotopic (exact) mass is 475 g/mol. The van der Waals surface area contributed by atoms with E-state index >= 15 is 0 Å². The normalized spacial score (nSPS) is 12.3. The predicted molar refractivity (Wildman–Crippen MR) is 129 cm³/mol. The molecule has 0 spiro atoms. The van der Waals surface area contributed by atoms with Crippen LogP contribution in [0.4, 0.5) is 5.69 Å². The summed E-state index contributed by atoms with van der Waals surface area (Å²) < 4.78 is 5.02. The van der Waals surface area contributed by atoms with Crippen LogP contribution in [-0.2, 0) is 14.3 Å². The van der Waals surface area contributed by atoms with Crippen LogP contribution in [0.5, 0.6) is 0 Å². The average molecular weight is 476 g/mol. The highest BCUT2D eigenvalue weighted by Gasteiger charge is 2.32. The van der Waals surface area contributed by atoms with Gasteiger partial charge in [-0.1, -0.05) is 54.6 Å². The largest absolute Gasteiger partial charge is 0.466 e. The van der Waals surface area contributed by atoms with Crippen LogP contribution >= 0.6 is 0 Å². The predicted octanol–water partition coefficient (Wildman–Crippen LogP) is 3.58. The van der Waals surface area contributed by atoms with Crippen LogP contribution in [0.1, 0.15) is 35.2 Å². The number of hydrogen-bond acceptors (Lipinski definition) is 6. The van der Waals surface area contributed by atoms with Crippen molar-refractivity contribution in [3.63, 3.8) is 0 Å². The second kappa shape index (κ2) is 11.6. The number of esters is 1. The third-order valence-electron chi connectivity index (χ3n) is 5.47. The first-order chi connectivity index (χ1) is 16.8. The Hall–Kier alpha value is -4.53. The number of primary amides is 1. The third-order valence-corrected chi connectivity index (χ3v) is 5.47. The van der Waals surface area contributed by atoms with Crippen molar-refractivity contribution in [3.05, 3.63) is 100 Å². The van der Waals surface area contributed by atoms with Gasteiger partial charge in [0.05, 0.1) is 18.0 Å². The molecule has 180 valence electrons. The molecule has 0 aliphatic heterocycles. The van der Waals surface area contributed by atoms with Crippen molar-refractivity contribution in [2.75, 3.05) is 6.61 Å². The molecule has 0 aliphatic rings. The molecule has 3 aromatic carbocycles. The van der Waals surface area contributed by atoms with Crippen LogP contribution in [0.2, 0.25) is 0 Å². The number of benzene rings is 3. The number of nitro benzene ring substituents is 1. The number of amides is 2. The highest BCUT2D eigenvalue weighted by molar-refractivity contribution is 5.98. The van der Waals surface area contributed by atoms with Crippen molar-refractivity contribution in [3.8, 4) is 11.1 Å². The Morgan fingerprint density at radius 1 is 0.943 bits per heavy atom. The number of rotatable bonds is 10. The molecule has 0 aromatic heterocycles. The minimum Gasteiger partial charge on any atom is -0.466 e. The van der Waals surface area contributed by atoms with Gasteiger partial charge in [0.25, 0.3) is 11.6 Å². The lowest BCUT2D eigenvalue weighted by atomic mass is 9.87. The molecule has 0 bridgehead atoms. The molecule has 2 atom stereocenters. The molecule has 2 amide bonds. The first-order valence-electron chi connectivity index (χ1n) is 11.0. The van der Waals surface area contributed by atoms with E-state index in [1.807, 2.05) is 30.3 Å². The van der Waals surface area contributed by atoms with Crippen molar-refractivity contribution >= 4 is 23.5 Å². The first-order valence-corrected chi connectivity index (χ1v) is 11.0. The maximum absolute atomic E-state index is 13.0. The van der Waals surface area contributed by atoms with Crippen molar-refractivity contribution in [2.24, 2.45) is 5.73 Å². The fraction of sp³-hybridized carbons (Fsp3) is 0.192. The van der Waals surface area contributed by atoms with Gasteiger partial charge in [-0.25, -0.2) is 0 Å². The number of hydrogen-bond donors (Lipinski definition) is 2. The third kappa shape index (κ3) is 6.50. The minimum atomic E-state index is -1.26. The van der Waals surface area contributed by atoms with E-state index in [9.17, 15) is 24.5 Å². The summed E-state index contributed by atoms with van der Waals surface area (Å²) in [7, 11) is 0. The van der Waals surface area contributed by atoms with Gasteiger partial charge in [-0.2, -0.15) is 0 Å². The Kier molecular flexibility index (Phi) is 8.29. The second-order valence-electron chi connectivity index (χ2n) is 7.76. The van der Waals surface area contributed by atoms with Crippen LogP contribution in [0.15, 0.2) is 78.9 Å². The van der Waals surface area contributed by atoms with Gasteiger partial charge in [-0.15, -0.1) is 0 Å². The summed E-state index contributed by atoms with van der Waals surface area (Å²) in [5, 5.41) is 13.6. The van der Waals surface area contributed by atoms with Gasteiger partial charge in [0.15, 0.2) is 0 Å². The van der Waals surface area contributed by atoms with E-state index in [0.29, 0.717) is 11.1 Å². The smallest absolute Gasteiger partial charge is 0.306 e. The molecule has 3 N–H and O–H groups in total. The Morgan fingerprint density at radius 3 is 2.09 bits per heavy atom. The maximum atomic E-state index is 13.0. The van der Waals surface area contributed by atoms with Crippen molar-refractivity contribution in [1.82, 2.24) is 5.32 Å². The molecule has 0 aliphatic carbocycles. The zero-order chi connectivity index (χ0) is 25.4. The van der Waals surface area contributed by atoms with E-state index in [0.717, 1.165) is 11.1 Å². The highest BCUT2D eigenvalue weighted by Crippen LogP contribution is 2.27. The van der Waals surface area contributed by atoms with Gasteiger partial charge in [0.2, 0.25) is 5.91 Å². The lowest BCUT2D eigenvalue weighted by Gasteiger charge is -2.25. The number of ether oxygens (including phenoxy) is 1. The number of non-ortho nitro benzene ring substituents is 1. The first kappa shape index (κ1) is 25.1. The van der Waals surface area contributed by atoms with E-state index in [4.69, 9.17) is 10.5 Å². The van der Waals surface area contributed by atoms with Gasteiger partial charge < -0.3 is 15.8 Å². The van der Waals surface area contributed by atoms with E-state index < -0.39 is 34.7 Å². The van der Waals surface area contributed by atoms with Crippen LogP contribution in [0.25, 0.3) is 11.1 Å². The van der Waals surface area contributed by atoms with Gasteiger partial charge in [0, 0.05) is 23.6 Å². The lowest BCUT2D eigenvalue weighted by molar-refractivity contribution is -0.384. The Morgan fingerprint density at radius 2 is 1.54 bits per heavy atom. The molecular weight excluding hydrogens is 450 g/mol. The summed E-state index contributed by atoms with van der Waals surface area (Å²) >= 11 is 0. The fourth-order valence-corrected chi connectivity index (χ4v) is 3.71. The maximum Gasteiger partial charge on any atom is 0.306 e. The van der Waals surface area contributed by atoms with E-state index in [1.165, 1.54) is 24.3 Å². The molecular formula is C26H25N3O6. The summed E-state index contributed by atoms with van der Waals surface area (Å²) in [6.07, 6.45) is -0.257. The van der Waals surface area contributed by atoms with Gasteiger partial charge in [-0.05, 0) is 35.7 Å². The highest BCUT2D eigenvalue weighted by atomic mass is 16.6. The molecule has 0 radical (unpaired) electrons. The summed E-state index contributed by atoms with van der Waals surface area (Å²) in [5.74, 6) is -2.89. The number of nitrogens with two attached hydrogens (primary N) is 1. The van der Waals surface area contributed by atoms with Crippen LogP contribution in [-0.4, -0.2) is 35.4 Å². The molecule has 0 fully saturated rings. The zero-order valence-corrected chi connectivity index (χ0v) is 19.0. The number of carbonyl (C=O) groups excluding carboxylic acids is 3. The van der Waals surface area contributed by atoms with Gasteiger partial charge >= 0.3 is 5.97 Å².